The molecule has 104 valence electrons. The van der Waals surface area contributed by atoms with Crippen molar-refractivity contribution in [1.82, 2.24) is 5.32 Å². The van der Waals surface area contributed by atoms with Crippen LogP contribution < -0.4 is 10.6 Å². The number of carbonyl (C=O) groups is 1. The topological polar surface area (TPSA) is 50.4 Å². The Labute approximate surface area is 122 Å². The molecule has 0 spiro atoms. The van der Waals surface area contributed by atoms with Gasteiger partial charge in [0, 0.05) is 23.8 Å². The zero-order chi connectivity index (χ0) is 13.9. The van der Waals surface area contributed by atoms with E-state index in [0.717, 1.165) is 28.7 Å². The summed E-state index contributed by atoms with van der Waals surface area (Å²) in [6.45, 7) is 3.98. The number of halogens is 1. The second kappa shape index (κ2) is 6.03. The molecule has 1 heterocycles. The van der Waals surface area contributed by atoms with Gasteiger partial charge >= 0.3 is 0 Å². The van der Waals surface area contributed by atoms with Crippen molar-refractivity contribution < 1.29 is 9.53 Å². The number of benzene rings is 1. The molecule has 5 heteroatoms. The fourth-order valence-corrected chi connectivity index (χ4v) is 2.72. The molecular weight excluding hydrogens is 308 g/mol. The zero-order valence-corrected chi connectivity index (χ0v) is 12.8. The summed E-state index contributed by atoms with van der Waals surface area (Å²) in [6.07, 6.45) is 0.805. The highest BCUT2D eigenvalue weighted by molar-refractivity contribution is 9.10. The molecule has 0 saturated carbocycles. The largest absolute Gasteiger partial charge is 0.384 e. The molecule has 2 N–H and O–H groups in total. The van der Waals surface area contributed by atoms with Crippen LogP contribution in [0.15, 0.2) is 22.7 Å². The fraction of sp³-hybridized carbons (Fsp3) is 0.500. The van der Waals surface area contributed by atoms with E-state index in [4.69, 9.17) is 4.74 Å². The van der Waals surface area contributed by atoms with E-state index >= 15 is 0 Å². The molecule has 1 aromatic rings. The molecule has 1 atom stereocenters. The minimum Gasteiger partial charge on any atom is -0.384 e. The number of aryl methyl sites for hydroxylation is 1. The maximum absolute atomic E-state index is 12.5. The molecule has 1 saturated heterocycles. The first-order chi connectivity index (χ1) is 9.07. The van der Waals surface area contributed by atoms with Gasteiger partial charge in [-0.2, -0.15) is 0 Å². The average Bonchev–Trinajstić information content (AvgIpc) is 2.84. The predicted octanol–water partition coefficient (Wildman–Crippen LogP) is 2.32. The van der Waals surface area contributed by atoms with Gasteiger partial charge in [-0.15, -0.1) is 0 Å². The average molecular weight is 327 g/mol. The van der Waals surface area contributed by atoms with Gasteiger partial charge in [-0.3, -0.25) is 4.79 Å². The van der Waals surface area contributed by atoms with E-state index in [1.54, 1.807) is 7.11 Å². The molecule has 1 aromatic carbocycles. The Morgan fingerprint density at radius 3 is 2.95 bits per heavy atom. The Kier molecular flexibility index (Phi) is 4.60. The van der Waals surface area contributed by atoms with Crippen LogP contribution in [0.3, 0.4) is 0 Å². The van der Waals surface area contributed by atoms with Crippen LogP contribution in [0.5, 0.6) is 0 Å². The van der Waals surface area contributed by atoms with E-state index in [1.165, 1.54) is 0 Å². The number of hydrogen-bond acceptors (Lipinski definition) is 3. The smallest absolute Gasteiger partial charge is 0.234 e. The first kappa shape index (κ1) is 14.5. The molecule has 2 rings (SSSR count). The molecular formula is C14H19BrN2O2. The number of ether oxygens (including phenoxy) is 1. The third-order valence-electron chi connectivity index (χ3n) is 3.58. The maximum Gasteiger partial charge on any atom is 0.234 e. The number of amides is 1. The van der Waals surface area contributed by atoms with E-state index in [0.29, 0.717) is 13.2 Å². The number of methoxy groups -OCH3 is 1. The minimum absolute atomic E-state index is 0.0232. The van der Waals surface area contributed by atoms with Crippen molar-refractivity contribution in [2.45, 2.75) is 13.3 Å². The summed E-state index contributed by atoms with van der Waals surface area (Å²) in [7, 11) is 1.63. The first-order valence-electron chi connectivity index (χ1n) is 6.35. The van der Waals surface area contributed by atoms with Crippen LogP contribution in [0.1, 0.15) is 12.0 Å². The van der Waals surface area contributed by atoms with E-state index in [2.05, 4.69) is 26.6 Å². The number of carbonyl (C=O) groups excluding carboxylic acids is 1. The maximum atomic E-state index is 12.5. The van der Waals surface area contributed by atoms with Crippen LogP contribution in [-0.4, -0.2) is 32.7 Å². The van der Waals surface area contributed by atoms with Crippen LogP contribution in [0.2, 0.25) is 0 Å². The standard InChI is InChI=1S/C14H19BrN2O2/c1-10-3-4-11(7-12(10)15)17-13(18)14(9-19-2)5-6-16-8-14/h3-4,7,16H,5-6,8-9H2,1-2H3,(H,17,18). The van der Waals surface area contributed by atoms with Crippen molar-refractivity contribution in [2.75, 3.05) is 32.1 Å². The molecule has 1 aliphatic heterocycles. The van der Waals surface area contributed by atoms with Crippen molar-refractivity contribution in [3.8, 4) is 0 Å². The van der Waals surface area contributed by atoms with Gasteiger partial charge in [-0.25, -0.2) is 0 Å². The van der Waals surface area contributed by atoms with E-state index in [1.807, 2.05) is 25.1 Å². The molecule has 1 unspecified atom stereocenters. The Hall–Kier alpha value is -0.910. The molecule has 19 heavy (non-hydrogen) atoms. The van der Waals surface area contributed by atoms with Crippen molar-refractivity contribution >= 4 is 27.5 Å². The van der Waals surface area contributed by atoms with Gasteiger partial charge in [-0.05, 0) is 37.6 Å². The first-order valence-corrected chi connectivity index (χ1v) is 7.14. The minimum atomic E-state index is -0.452. The van der Waals surface area contributed by atoms with Crippen LogP contribution in [0.25, 0.3) is 0 Å². The lowest BCUT2D eigenvalue weighted by atomic mass is 9.87. The SMILES string of the molecule is COCC1(C(=O)Nc2ccc(C)c(Br)c2)CCNC1. The number of hydrogen-bond donors (Lipinski definition) is 2. The van der Waals surface area contributed by atoms with Crippen LogP contribution in [0, 0.1) is 12.3 Å². The van der Waals surface area contributed by atoms with Gasteiger partial charge in [0.2, 0.25) is 5.91 Å². The normalized spacial score (nSPS) is 22.5. The van der Waals surface area contributed by atoms with Crippen molar-refractivity contribution in [3.05, 3.63) is 28.2 Å². The Bertz CT molecular complexity index is 471. The lowest BCUT2D eigenvalue weighted by molar-refractivity contribution is -0.127. The number of anilines is 1. The van der Waals surface area contributed by atoms with Gasteiger partial charge in [0.05, 0.1) is 12.0 Å². The summed E-state index contributed by atoms with van der Waals surface area (Å²) in [5.74, 6) is 0.0232. The molecule has 0 aliphatic carbocycles. The quantitative estimate of drug-likeness (QED) is 0.892. The lowest BCUT2D eigenvalue weighted by Gasteiger charge is -2.26. The van der Waals surface area contributed by atoms with Crippen molar-refractivity contribution in [3.63, 3.8) is 0 Å². The summed E-state index contributed by atoms with van der Waals surface area (Å²) >= 11 is 3.48. The molecule has 1 amide bonds. The molecule has 1 aliphatic rings. The van der Waals surface area contributed by atoms with Crippen LogP contribution in [0.4, 0.5) is 5.69 Å². The summed E-state index contributed by atoms with van der Waals surface area (Å²) in [5.41, 5.74) is 1.50. The highest BCUT2D eigenvalue weighted by Crippen LogP contribution is 2.29. The Morgan fingerprint density at radius 1 is 1.58 bits per heavy atom. The third kappa shape index (κ3) is 3.16. The fourth-order valence-electron chi connectivity index (χ4n) is 2.34. The van der Waals surface area contributed by atoms with Gasteiger partial charge in [0.15, 0.2) is 0 Å². The monoisotopic (exact) mass is 326 g/mol. The van der Waals surface area contributed by atoms with Crippen LogP contribution >= 0.6 is 15.9 Å². The van der Waals surface area contributed by atoms with E-state index < -0.39 is 5.41 Å². The van der Waals surface area contributed by atoms with Gasteiger partial charge in [0.1, 0.15) is 0 Å². The molecule has 1 fully saturated rings. The molecule has 0 radical (unpaired) electrons. The predicted molar refractivity (Wildman–Crippen MR) is 79.3 cm³/mol. The summed E-state index contributed by atoms with van der Waals surface area (Å²) in [5, 5.41) is 6.22. The molecule has 0 bridgehead atoms. The van der Waals surface area contributed by atoms with Gasteiger partial charge in [0.25, 0.3) is 0 Å². The third-order valence-corrected chi connectivity index (χ3v) is 4.43. The van der Waals surface area contributed by atoms with Crippen LogP contribution in [-0.2, 0) is 9.53 Å². The molecule has 0 aromatic heterocycles. The second-order valence-corrected chi connectivity index (χ2v) is 5.91. The lowest BCUT2D eigenvalue weighted by Crippen LogP contribution is -2.41. The summed E-state index contributed by atoms with van der Waals surface area (Å²) in [4.78, 5) is 12.5. The zero-order valence-electron chi connectivity index (χ0n) is 11.3. The number of nitrogens with one attached hydrogen (secondary N) is 2. The van der Waals surface area contributed by atoms with Gasteiger partial charge in [-0.1, -0.05) is 22.0 Å². The second-order valence-electron chi connectivity index (χ2n) is 5.06. The Morgan fingerprint density at radius 2 is 2.37 bits per heavy atom. The summed E-state index contributed by atoms with van der Waals surface area (Å²) in [6, 6.07) is 5.83. The molecule has 4 nitrogen and oxygen atoms in total. The van der Waals surface area contributed by atoms with E-state index in [9.17, 15) is 4.79 Å². The van der Waals surface area contributed by atoms with Crippen molar-refractivity contribution in [1.29, 1.82) is 0 Å². The van der Waals surface area contributed by atoms with E-state index in [-0.39, 0.29) is 5.91 Å². The summed E-state index contributed by atoms with van der Waals surface area (Å²) < 4.78 is 6.22. The Balaban J connectivity index is 2.12. The highest BCUT2D eigenvalue weighted by atomic mass is 79.9. The number of rotatable bonds is 4. The highest BCUT2D eigenvalue weighted by Gasteiger charge is 2.41. The van der Waals surface area contributed by atoms with Gasteiger partial charge < -0.3 is 15.4 Å². The van der Waals surface area contributed by atoms with Crippen molar-refractivity contribution in [2.24, 2.45) is 5.41 Å².